The first-order valence-corrected chi connectivity index (χ1v) is 8.05. The summed E-state index contributed by atoms with van der Waals surface area (Å²) < 4.78 is 6.90. The summed E-state index contributed by atoms with van der Waals surface area (Å²) in [6.07, 6.45) is 1.59. The lowest BCUT2D eigenvalue weighted by Gasteiger charge is -2.18. The molecule has 2 heterocycles. The minimum Gasteiger partial charge on any atom is -0.361 e. The highest BCUT2D eigenvalue weighted by molar-refractivity contribution is 5.34. The highest BCUT2D eigenvalue weighted by atomic mass is 16.5. The maximum absolute atomic E-state index is 5.26. The molecule has 24 heavy (non-hydrogen) atoms. The van der Waals surface area contributed by atoms with Gasteiger partial charge in [-0.1, -0.05) is 24.2 Å². The molecule has 0 bridgehead atoms. The van der Waals surface area contributed by atoms with E-state index >= 15 is 0 Å². The molecule has 2 aromatic heterocycles. The molecule has 1 N–H and O–H groups in total. The Hall–Kier alpha value is -2.54. The summed E-state index contributed by atoms with van der Waals surface area (Å²) in [5.74, 6) is 1.25. The molecule has 7 nitrogen and oxygen atoms in total. The third kappa shape index (κ3) is 3.35. The van der Waals surface area contributed by atoms with Gasteiger partial charge in [-0.25, -0.2) is 4.68 Å². The van der Waals surface area contributed by atoms with E-state index in [1.54, 1.807) is 11.0 Å². The maximum atomic E-state index is 5.26. The van der Waals surface area contributed by atoms with Crippen LogP contribution in [0.3, 0.4) is 0 Å². The monoisotopic (exact) mass is 326 g/mol. The van der Waals surface area contributed by atoms with Crippen molar-refractivity contribution in [3.8, 4) is 5.69 Å². The summed E-state index contributed by atoms with van der Waals surface area (Å²) in [5, 5.41) is 18.8. The van der Waals surface area contributed by atoms with Crippen LogP contribution in [0.2, 0.25) is 0 Å². The minimum atomic E-state index is 0.246. The predicted molar refractivity (Wildman–Crippen MR) is 90.0 cm³/mol. The normalized spacial score (nSPS) is 13.8. The Bertz CT molecular complexity index is 759. The van der Waals surface area contributed by atoms with Gasteiger partial charge in [-0.3, -0.25) is 0 Å². The van der Waals surface area contributed by atoms with E-state index in [4.69, 9.17) is 4.52 Å². The van der Waals surface area contributed by atoms with Crippen LogP contribution in [0.15, 0.2) is 35.1 Å². The third-order valence-electron chi connectivity index (χ3n) is 4.32. The van der Waals surface area contributed by atoms with Crippen LogP contribution in [0.5, 0.6) is 0 Å². The zero-order valence-corrected chi connectivity index (χ0v) is 14.4. The molecule has 0 aliphatic rings. The Labute approximate surface area is 141 Å². The van der Waals surface area contributed by atoms with Crippen LogP contribution in [0.1, 0.15) is 48.4 Å². The number of aromatic nitrogens is 5. The van der Waals surface area contributed by atoms with Crippen molar-refractivity contribution < 1.29 is 4.52 Å². The molecule has 126 valence electrons. The number of rotatable bonds is 6. The average molecular weight is 326 g/mol. The van der Waals surface area contributed by atoms with Crippen molar-refractivity contribution in [3.05, 3.63) is 53.2 Å². The van der Waals surface area contributed by atoms with Gasteiger partial charge >= 0.3 is 0 Å². The van der Waals surface area contributed by atoms with E-state index in [0.717, 1.165) is 23.7 Å². The van der Waals surface area contributed by atoms with Gasteiger partial charge in [0.05, 0.1) is 11.4 Å². The first-order valence-electron chi connectivity index (χ1n) is 8.05. The number of benzene rings is 1. The van der Waals surface area contributed by atoms with Gasteiger partial charge in [-0.05, 0) is 54.8 Å². The highest BCUT2D eigenvalue weighted by Gasteiger charge is 2.17. The van der Waals surface area contributed by atoms with E-state index in [9.17, 15) is 0 Å². The lowest BCUT2D eigenvalue weighted by atomic mass is 9.98. The van der Waals surface area contributed by atoms with Crippen molar-refractivity contribution in [2.75, 3.05) is 6.54 Å². The molecular formula is C17H22N6O. The average Bonchev–Trinajstić information content (AvgIpc) is 3.23. The zero-order valence-electron chi connectivity index (χ0n) is 14.4. The maximum Gasteiger partial charge on any atom is 0.143 e. The summed E-state index contributed by atoms with van der Waals surface area (Å²) in [6.45, 7) is 9.16. The molecule has 0 amide bonds. The van der Waals surface area contributed by atoms with Crippen molar-refractivity contribution in [2.45, 2.75) is 39.7 Å². The summed E-state index contributed by atoms with van der Waals surface area (Å²) in [7, 11) is 0. The fourth-order valence-corrected chi connectivity index (χ4v) is 2.96. The summed E-state index contributed by atoms with van der Waals surface area (Å²) in [6, 6.07) is 8.46. The van der Waals surface area contributed by atoms with Crippen molar-refractivity contribution in [1.29, 1.82) is 0 Å². The Morgan fingerprint density at radius 3 is 2.50 bits per heavy atom. The highest BCUT2D eigenvalue weighted by Crippen LogP contribution is 2.23. The Morgan fingerprint density at radius 1 is 1.17 bits per heavy atom. The van der Waals surface area contributed by atoms with Crippen LogP contribution in [-0.4, -0.2) is 31.9 Å². The third-order valence-corrected chi connectivity index (χ3v) is 4.32. The van der Waals surface area contributed by atoms with E-state index in [0.29, 0.717) is 5.92 Å². The van der Waals surface area contributed by atoms with Crippen LogP contribution in [0.4, 0.5) is 0 Å². The smallest absolute Gasteiger partial charge is 0.143 e. The van der Waals surface area contributed by atoms with Crippen LogP contribution in [-0.2, 0) is 0 Å². The molecule has 0 fully saturated rings. The Kier molecular flexibility index (Phi) is 4.71. The second-order valence-electron chi connectivity index (χ2n) is 6.11. The number of hydrogen-bond acceptors (Lipinski definition) is 6. The fraction of sp³-hybridized carbons (Fsp3) is 0.412. The SMILES string of the molecule is Cc1noc(C)c1[C@H](C)CN[C@H](C)c1ccc(-n2cnnn2)cc1. The second-order valence-corrected chi connectivity index (χ2v) is 6.11. The fourth-order valence-electron chi connectivity index (χ4n) is 2.96. The van der Waals surface area contributed by atoms with E-state index in [1.807, 2.05) is 26.0 Å². The summed E-state index contributed by atoms with van der Waals surface area (Å²) in [4.78, 5) is 0. The van der Waals surface area contributed by atoms with Crippen molar-refractivity contribution in [1.82, 2.24) is 30.7 Å². The molecule has 0 radical (unpaired) electrons. The summed E-state index contributed by atoms with van der Waals surface area (Å²) >= 11 is 0. The van der Waals surface area contributed by atoms with Crippen LogP contribution in [0.25, 0.3) is 5.69 Å². The van der Waals surface area contributed by atoms with E-state index < -0.39 is 0 Å². The van der Waals surface area contributed by atoms with Crippen LogP contribution in [0, 0.1) is 13.8 Å². The lowest BCUT2D eigenvalue weighted by Crippen LogP contribution is -2.24. The second kappa shape index (κ2) is 6.92. The van der Waals surface area contributed by atoms with Gasteiger partial charge in [0.2, 0.25) is 0 Å². The van der Waals surface area contributed by atoms with Gasteiger partial charge in [-0.15, -0.1) is 5.10 Å². The standard InChI is InChI=1S/C17H22N6O/c1-11(17-13(3)20-24-14(17)4)9-18-12(2)15-5-7-16(8-6-15)23-10-19-21-22-23/h5-8,10-12,18H,9H2,1-4H3/t11-,12-/m1/s1. The quantitative estimate of drug-likeness (QED) is 0.750. The molecule has 0 saturated carbocycles. The predicted octanol–water partition coefficient (Wildman–Crippen LogP) is 2.72. The molecule has 3 aromatic rings. The number of aryl methyl sites for hydroxylation is 2. The number of tetrazole rings is 1. The van der Waals surface area contributed by atoms with E-state index in [2.05, 4.69) is 52.0 Å². The summed E-state index contributed by atoms with van der Waals surface area (Å²) in [5.41, 5.74) is 4.34. The molecular weight excluding hydrogens is 304 g/mol. The largest absolute Gasteiger partial charge is 0.361 e. The molecule has 7 heteroatoms. The molecule has 2 atom stereocenters. The van der Waals surface area contributed by atoms with Gasteiger partial charge in [0, 0.05) is 18.2 Å². The number of nitrogens with zero attached hydrogens (tertiary/aromatic N) is 5. The topological polar surface area (TPSA) is 81.7 Å². The van der Waals surface area contributed by atoms with Crippen molar-refractivity contribution in [2.24, 2.45) is 0 Å². The molecule has 0 saturated heterocycles. The minimum absolute atomic E-state index is 0.246. The van der Waals surface area contributed by atoms with Crippen LogP contribution >= 0.6 is 0 Å². The number of hydrogen-bond donors (Lipinski definition) is 1. The van der Waals surface area contributed by atoms with Gasteiger partial charge < -0.3 is 9.84 Å². The first kappa shape index (κ1) is 16.3. The van der Waals surface area contributed by atoms with Crippen LogP contribution < -0.4 is 5.32 Å². The van der Waals surface area contributed by atoms with Gasteiger partial charge in [0.25, 0.3) is 0 Å². The molecule has 0 aliphatic heterocycles. The van der Waals surface area contributed by atoms with Gasteiger partial charge in [-0.2, -0.15) is 0 Å². The molecule has 3 rings (SSSR count). The van der Waals surface area contributed by atoms with Crippen molar-refractivity contribution >= 4 is 0 Å². The molecule has 1 aromatic carbocycles. The first-order chi connectivity index (χ1) is 11.6. The molecule has 0 aliphatic carbocycles. The van der Waals surface area contributed by atoms with Gasteiger partial charge in [0.15, 0.2) is 0 Å². The molecule has 0 unspecified atom stereocenters. The van der Waals surface area contributed by atoms with Crippen molar-refractivity contribution in [3.63, 3.8) is 0 Å². The number of nitrogens with one attached hydrogen (secondary N) is 1. The van der Waals surface area contributed by atoms with Gasteiger partial charge in [0.1, 0.15) is 12.1 Å². The molecule has 0 spiro atoms. The van der Waals surface area contributed by atoms with E-state index in [1.165, 1.54) is 11.1 Å². The van der Waals surface area contributed by atoms with E-state index in [-0.39, 0.29) is 6.04 Å². The zero-order chi connectivity index (χ0) is 17.1. The lowest BCUT2D eigenvalue weighted by molar-refractivity contribution is 0.391. The Balaban J connectivity index is 1.62. The Morgan fingerprint density at radius 2 is 1.92 bits per heavy atom.